The van der Waals surface area contributed by atoms with Crippen LogP contribution in [0.5, 0.6) is 0 Å². The number of aliphatic hydroxyl groups is 1. The summed E-state index contributed by atoms with van der Waals surface area (Å²) in [6.45, 7) is 2.39. The Morgan fingerprint density at radius 3 is 2.85 bits per heavy atom. The minimum absolute atomic E-state index is 0.0171. The number of nitrogens with zero attached hydrogens (tertiary/aromatic N) is 1. The standard InChI is InChI=1S/C9H16N2O2/c1-4-5-10-9(13)6-11(3)8(2)7-12/h1,8,12H,5-7H2,2-3H3,(H,10,13). The van der Waals surface area contributed by atoms with Gasteiger partial charge in [-0.25, -0.2) is 0 Å². The molecule has 0 rings (SSSR count). The second kappa shape index (κ2) is 6.46. The summed E-state index contributed by atoms with van der Waals surface area (Å²) < 4.78 is 0. The average Bonchev–Trinajstić information content (AvgIpc) is 2.13. The fourth-order valence-corrected chi connectivity index (χ4v) is 0.727. The van der Waals surface area contributed by atoms with Gasteiger partial charge in [-0.15, -0.1) is 6.42 Å². The van der Waals surface area contributed by atoms with Crippen molar-refractivity contribution in [3.8, 4) is 12.3 Å². The number of rotatable bonds is 5. The van der Waals surface area contributed by atoms with Gasteiger partial charge in [0.1, 0.15) is 0 Å². The number of likely N-dealkylation sites (N-methyl/N-ethyl adjacent to an activating group) is 1. The van der Waals surface area contributed by atoms with Crippen molar-refractivity contribution in [2.75, 3.05) is 26.7 Å². The molecule has 0 fully saturated rings. The molecule has 0 radical (unpaired) electrons. The number of hydrogen-bond acceptors (Lipinski definition) is 3. The number of hydrogen-bond donors (Lipinski definition) is 2. The van der Waals surface area contributed by atoms with E-state index in [1.165, 1.54) is 0 Å². The fraction of sp³-hybridized carbons (Fsp3) is 0.667. The maximum Gasteiger partial charge on any atom is 0.234 e. The summed E-state index contributed by atoms with van der Waals surface area (Å²) in [5, 5.41) is 11.3. The topological polar surface area (TPSA) is 52.6 Å². The molecule has 0 saturated carbocycles. The first-order valence-corrected chi connectivity index (χ1v) is 4.13. The van der Waals surface area contributed by atoms with Crippen LogP contribution in [0, 0.1) is 12.3 Å². The summed E-state index contributed by atoms with van der Waals surface area (Å²) in [4.78, 5) is 12.9. The molecule has 2 N–H and O–H groups in total. The third kappa shape index (κ3) is 5.23. The van der Waals surface area contributed by atoms with E-state index < -0.39 is 0 Å². The minimum atomic E-state index is -0.124. The summed E-state index contributed by atoms with van der Waals surface area (Å²) in [6.07, 6.45) is 4.98. The van der Waals surface area contributed by atoms with Gasteiger partial charge in [-0.1, -0.05) is 5.92 Å². The highest BCUT2D eigenvalue weighted by atomic mass is 16.3. The number of nitrogens with one attached hydrogen (secondary N) is 1. The largest absolute Gasteiger partial charge is 0.395 e. The van der Waals surface area contributed by atoms with E-state index in [-0.39, 0.29) is 31.6 Å². The molecule has 0 aliphatic rings. The molecule has 0 aromatic carbocycles. The van der Waals surface area contributed by atoms with Crippen molar-refractivity contribution >= 4 is 5.91 Å². The average molecular weight is 184 g/mol. The zero-order chi connectivity index (χ0) is 10.3. The molecule has 74 valence electrons. The Labute approximate surface area is 78.9 Å². The van der Waals surface area contributed by atoms with Crippen molar-refractivity contribution in [1.82, 2.24) is 10.2 Å². The lowest BCUT2D eigenvalue weighted by Crippen LogP contribution is -2.40. The molecule has 0 aromatic rings. The summed E-state index contributed by atoms with van der Waals surface area (Å²) >= 11 is 0. The van der Waals surface area contributed by atoms with Crippen LogP contribution < -0.4 is 5.32 Å². The number of amides is 1. The SMILES string of the molecule is C#CCNC(=O)CN(C)C(C)CO. The van der Waals surface area contributed by atoms with Crippen LogP contribution in [0.2, 0.25) is 0 Å². The van der Waals surface area contributed by atoms with Crippen LogP contribution in [-0.2, 0) is 4.79 Å². The Bertz CT molecular complexity index is 198. The lowest BCUT2D eigenvalue weighted by molar-refractivity contribution is -0.122. The Kier molecular flexibility index (Phi) is 5.94. The Balaban J connectivity index is 3.72. The predicted octanol–water partition coefficient (Wildman–Crippen LogP) is -0.952. The van der Waals surface area contributed by atoms with Gasteiger partial charge in [-0.2, -0.15) is 0 Å². The molecule has 0 saturated heterocycles. The first-order chi connectivity index (χ1) is 6.11. The van der Waals surface area contributed by atoms with Crippen molar-refractivity contribution in [3.63, 3.8) is 0 Å². The summed E-state index contributed by atoms with van der Waals surface area (Å²) in [6, 6.07) is -0.0171. The van der Waals surface area contributed by atoms with E-state index in [1.807, 2.05) is 6.92 Å². The van der Waals surface area contributed by atoms with Crippen LogP contribution in [0.25, 0.3) is 0 Å². The maximum absolute atomic E-state index is 11.1. The molecule has 13 heavy (non-hydrogen) atoms. The number of carbonyl (C=O) groups is 1. The smallest absolute Gasteiger partial charge is 0.234 e. The van der Waals surface area contributed by atoms with Crippen LogP contribution in [0.1, 0.15) is 6.92 Å². The van der Waals surface area contributed by atoms with Crippen LogP contribution in [-0.4, -0.2) is 48.7 Å². The zero-order valence-corrected chi connectivity index (χ0v) is 8.08. The molecule has 1 atom stereocenters. The molecule has 0 aliphatic heterocycles. The molecular formula is C9H16N2O2. The molecule has 1 unspecified atom stereocenters. The predicted molar refractivity (Wildman–Crippen MR) is 51.0 cm³/mol. The van der Waals surface area contributed by atoms with E-state index in [1.54, 1.807) is 11.9 Å². The maximum atomic E-state index is 11.1. The molecular weight excluding hydrogens is 168 g/mol. The van der Waals surface area contributed by atoms with E-state index in [9.17, 15) is 4.79 Å². The molecule has 1 amide bonds. The molecule has 0 aliphatic carbocycles. The summed E-state index contributed by atoms with van der Waals surface area (Å²) in [7, 11) is 1.77. The third-order valence-electron chi connectivity index (χ3n) is 1.80. The van der Waals surface area contributed by atoms with Crippen LogP contribution in [0.4, 0.5) is 0 Å². The van der Waals surface area contributed by atoms with Gasteiger partial charge in [0.2, 0.25) is 5.91 Å². The highest BCUT2D eigenvalue weighted by molar-refractivity contribution is 5.78. The van der Waals surface area contributed by atoms with Crippen molar-refractivity contribution in [3.05, 3.63) is 0 Å². The van der Waals surface area contributed by atoms with Gasteiger partial charge in [-0.3, -0.25) is 9.69 Å². The minimum Gasteiger partial charge on any atom is -0.395 e. The van der Waals surface area contributed by atoms with Gasteiger partial charge in [-0.05, 0) is 14.0 Å². The fourth-order valence-electron chi connectivity index (χ4n) is 0.727. The lowest BCUT2D eigenvalue weighted by atomic mass is 10.3. The Morgan fingerprint density at radius 1 is 1.77 bits per heavy atom. The summed E-state index contributed by atoms with van der Waals surface area (Å²) in [5.41, 5.74) is 0. The summed E-state index contributed by atoms with van der Waals surface area (Å²) in [5.74, 6) is 2.19. The van der Waals surface area contributed by atoms with Gasteiger partial charge in [0.15, 0.2) is 0 Å². The van der Waals surface area contributed by atoms with Crippen molar-refractivity contribution in [2.24, 2.45) is 0 Å². The van der Waals surface area contributed by atoms with E-state index in [2.05, 4.69) is 11.2 Å². The number of carbonyl (C=O) groups excluding carboxylic acids is 1. The third-order valence-corrected chi connectivity index (χ3v) is 1.80. The Morgan fingerprint density at radius 2 is 2.38 bits per heavy atom. The number of aliphatic hydroxyl groups excluding tert-OH is 1. The monoisotopic (exact) mass is 184 g/mol. The first-order valence-electron chi connectivity index (χ1n) is 4.13. The van der Waals surface area contributed by atoms with E-state index >= 15 is 0 Å². The second-order valence-corrected chi connectivity index (χ2v) is 2.93. The molecule has 0 bridgehead atoms. The van der Waals surface area contributed by atoms with Crippen LogP contribution >= 0.6 is 0 Å². The second-order valence-electron chi connectivity index (χ2n) is 2.93. The molecule has 0 heterocycles. The normalized spacial score (nSPS) is 12.2. The first kappa shape index (κ1) is 11.9. The highest BCUT2D eigenvalue weighted by Crippen LogP contribution is 1.92. The molecule has 4 heteroatoms. The van der Waals surface area contributed by atoms with Crippen molar-refractivity contribution < 1.29 is 9.90 Å². The van der Waals surface area contributed by atoms with Gasteiger partial charge >= 0.3 is 0 Å². The number of terminal acetylenes is 1. The quantitative estimate of drug-likeness (QED) is 0.542. The van der Waals surface area contributed by atoms with E-state index in [0.717, 1.165) is 0 Å². The Hall–Kier alpha value is -1.05. The highest BCUT2D eigenvalue weighted by Gasteiger charge is 2.10. The lowest BCUT2D eigenvalue weighted by Gasteiger charge is -2.21. The van der Waals surface area contributed by atoms with Gasteiger partial charge in [0.05, 0.1) is 19.7 Å². The molecule has 0 spiro atoms. The van der Waals surface area contributed by atoms with Crippen LogP contribution in [0.15, 0.2) is 0 Å². The van der Waals surface area contributed by atoms with E-state index in [4.69, 9.17) is 11.5 Å². The van der Waals surface area contributed by atoms with Crippen molar-refractivity contribution in [2.45, 2.75) is 13.0 Å². The van der Waals surface area contributed by atoms with Gasteiger partial charge in [0, 0.05) is 6.04 Å². The van der Waals surface area contributed by atoms with E-state index in [0.29, 0.717) is 0 Å². The van der Waals surface area contributed by atoms with Crippen LogP contribution in [0.3, 0.4) is 0 Å². The van der Waals surface area contributed by atoms with Gasteiger partial charge in [0.25, 0.3) is 0 Å². The van der Waals surface area contributed by atoms with Crippen molar-refractivity contribution in [1.29, 1.82) is 0 Å². The molecule has 4 nitrogen and oxygen atoms in total. The zero-order valence-electron chi connectivity index (χ0n) is 8.08. The van der Waals surface area contributed by atoms with Gasteiger partial charge < -0.3 is 10.4 Å². The molecule has 0 aromatic heterocycles.